The Bertz CT molecular complexity index is 1730. The van der Waals surface area contributed by atoms with Gasteiger partial charge in [-0.3, -0.25) is 19.1 Å². The maximum Gasteiger partial charge on any atom is 0.408 e. The second-order valence-corrected chi connectivity index (χ2v) is 17.0. The molecule has 1 saturated heterocycles. The van der Waals surface area contributed by atoms with Gasteiger partial charge in [-0.1, -0.05) is 69.3 Å². The van der Waals surface area contributed by atoms with Crippen LogP contribution >= 0.6 is 0 Å². The van der Waals surface area contributed by atoms with Gasteiger partial charge in [-0.05, 0) is 73.6 Å². The predicted octanol–water partition coefficient (Wildman–Crippen LogP) is 4.08. The van der Waals surface area contributed by atoms with E-state index in [0.29, 0.717) is 12.8 Å². The molecule has 4 amide bonds. The fourth-order valence-corrected chi connectivity index (χ4v) is 8.28. The predicted molar refractivity (Wildman–Crippen MR) is 189 cm³/mol. The molecule has 50 heavy (non-hydrogen) atoms. The summed E-state index contributed by atoms with van der Waals surface area (Å²) in [5, 5.41) is 5.00. The van der Waals surface area contributed by atoms with E-state index in [1.54, 1.807) is 0 Å². The maximum absolute atomic E-state index is 14.5. The molecule has 1 aliphatic heterocycles. The molecule has 13 heteroatoms. The first-order chi connectivity index (χ1) is 23.7. The van der Waals surface area contributed by atoms with Crippen molar-refractivity contribution in [2.24, 2.45) is 11.3 Å². The molecule has 3 aliphatic carbocycles. The minimum absolute atomic E-state index is 0.0354. The van der Waals surface area contributed by atoms with Gasteiger partial charge in [0.15, 0.2) is 0 Å². The summed E-state index contributed by atoms with van der Waals surface area (Å²) >= 11 is 0. The van der Waals surface area contributed by atoms with Gasteiger partial charge in [-0.15, -0.1) is 6.58 Å². The molecule has 3 N–H and O–H groups in total. The van der Waals surface area contributed by atoms with E-state index in [-0.39, 0.29) is 25.7 Å². The molecule has 2 aromatic rings. The fraction of sp³-hybridized carbons (Fsp3) is 0.514. The number of ether oxygens (including phenoxy) is 1. The van der Waals surface area contributed by atoms with Crippen molar-refractivity contribution in [3.05, 3.63) is 67.3 Å². The number of sulfonamides is 1. The molecule has 4 fully saturated rings. The van der Waals surface area contributed by atoms with E-state index in [1.165, 1.54) is 11.0 Å². The van der Waals surface area contributed by atoms with E-state index in [1.807, 2.05) is 80.3 Å². The average Bonchev–Trinajstić information content (AvgIpc) is 3.96. The number of anilines is 1. The lowest BCUT2D eigenvalue weighted by molar-refractivity contribution is -0.142. The van der Waals surface area contributed by atoms with Crippen LogP contribution in [0.3, 0.4) is 0 Å². The second-order valence-electron chi connectivity index (χ2n) is 15.0. The molecule has 0 spiro atoms. The highest BCUT2D eigenvalue weighted by molar-refractivity contribution is 7.91. The molecule has 3 saturated carbocycles. The zero-order chi connectivity index (χ0) is 35.8. The zero-order valence-corrected chi connectivity index (χ0v) is 29.7. The third kappa shape index (κ3) is 7.52. The summed E-state index contributed by atoms with van der Waals surface area (Å²) in [5.74, 6) is -2.38. The number of nitrogens with one attached hydrogen (secondary N) is 3. The summed E-state index contributed by atoms with van der Waals surface area (Å²) in [5.41, 5.74) is 0.573. The first-order valence-electron chi connectivity index (χ1n) is 17.4. The number of hydrogen-bond acceptors (Lipinski definition) is 8. The van der Waals surface area contributed by atoms with Crippen molar-refractivity contribution in [2.75, 3.05) is 18.1 Å². The van der Waals surface area contributed by atoms with Crippen LogP contribution in [0.5, 0.6) is 0 Å². The van der Waals surface area contributed by atoms with Crippen LogP contribution in [-0.2, 0) is 29.1 Å². The normalized spacial score (nSPS) is 24.3. The molecule has 268 valence electrons. The van der Waals surface area contributed by atoms with E-state index in [0.717, 1.165) is 42.5 Å². The number of carbonyl (C=O) groups is 4. The van der Waals surface area contributed by atoms with E-state index < -0.39 is 68.0 Å². The average molecular weight is 706 g/mol. The highest BCUT2D eigenvalue weighted by Gasteiger charge is 2.62. The number of nitrogens with zero attached hydrogens (tertiary/aromatic N) is 2. The van der Waals surface area contributed by atoms with Crippen molar-refractivity contribution in [3.63, 3.8) is 0 Å². The van der Waals surface area contributed by atoms with Crippen LogP contribution in [0.15, 0.2) is 67.3 Å². The van der Waals surface area contributed by atoms with Crippen molar-refractivity contribution in [2.45, 2.75) is 94.7 Å². The minimum atomic E-state index is -3.87. The monoisotopic (exact) mass is 705 g/mol. The van der Waals surface area contributed by atoms with Crippen molar-refractivity contribution in [3.8, 4) is 11.1 Å². The Hall–Kier alpha value is -4.39. The molecule has 0 aromatic heterocycles. The molecular weight excluding hydrogens is 659 g/mol. The number of amides is 4. The van der Waals surface area contributed by atoms with Crippen LogP contribution in [0.2, 0.25) is 0 Å². The lowest BCUT2D eigenvalue weighted by Gasteiger charge is -2.35. The topological polar surface area (TPSA) is 154 Å². The van der Waals surface area contributed by atoms with Crippen molar-refractivity contribution in [1.82, 2.24) is 20.3 Å². The van der Waals surface area contributed by atoms with Gasteiger partial charge in [0.2, 0.25) is 21.8 Å². The van der Waals surface area contributed by atoms with Crippen molar-refractivity contribution in [1.29, 1.82) is 0 Å². The minimum Gasteiger partial charge on any atom is -0.446 e. The number of benzene rings is 2. The van der Waals surface area contributed by atoms with Gasteiger partial charge >= 0.3 is 6.09 Å². The Labute approximate surface area is 294 Å². The standard InChI is InChI=1S/C37H47N5O7S/c1-5-26-21-37(26,34(45)40-50(47,48)29-19-20-29)39-32(43)30-22-41(27-17-15-25(16-18-27)24-11-7-6-8-12-24)23-42(30)33(44)31(36(2,3)4)38-35(46)49-28-13-9-10-14-28/h5-8,11-12,15-18,26,28-31H,1,9-10,13-14,19-23H2,2-4H3,(H,38,46)(H,39,43)(H,40,45)/t26-,30+,31-,37-/m1/s1. The third-order valence-electron chi connectivity index (χ3n) is 10.2. The molecule has 12 nitrogen and oxygen atoms in total. The first kappa shape index (κ1) is 35.4. The summed E-state index contributed by atoms with van der Waals surface area (Å²) in [6, 6.07) is 15.6. The molecular formula is C37H47N5O7S. The fourth-order valence-electron chi connectivity index (χ4n) is 6.92. The van der Waals surface area contributed by atoms with E-state index in [4.69, 9.17) is 4.74 Å². The van der Waals surface area contributed by atoms with Crippen molar-refractivity contribution < 1.29 is 32.3 Å². The lowest BCUT2D eigenvalue weighted by atomic mass is 9.85. The smallest absolute Gasteiger partial charge is 0.408 e. The first-order valence-corrected chi connectivity index (χ1v) is 18.9. The molecule has 2 aromatic carbocycles. The third-order valence-corrected chi connectivity index (χ3v) is 12.0. The van der Waals surface area contributed by atoms with Gasteiger partial charge in [0, 0.05) is 18.2 Å². The molecule has 1 heterocycles. The van der Waals surface area contributed by atoms with Gasteiger partial charge in [0.25, 0.3) is 5.91 Å². The second kappa shape index (κ2) is 13.7. The van der Waals surface area contributed by atoms with E-state index in [9.17, 15) is 27.6 Å². The summed E-state index contributed by atoms with van der Waals surface area (Å²) in [7, 11) is -3.87. The molecule has 4 aliphatic rings. The molecule has 4 atom stereocenters. The van der Waals surface area contributed by atoms with E-state index in [2.05, 4.69) is 21.9 Å². The molecule has 0 unspecified atom stereocenters. The van der Waals surface area contributed by atoms with Crippen LogP contribution in [0.1, 0.15) is 65.7 Å². The summed E-state index contributed by atoms with van der Waals surface area (Å²) in [6.45, 7) is 9.40. The zero-order valence-electron chi connectivity index (χ0n) is 28.9. The number of carbonyl (C=O) groups excluding carboxylic acids is 4. The Balaban J connectivity index is 1.26. The van der Waals surface area contributed by atoms with Crippen LogP contribution < -0.4 is 20.3 Å². The van der Waals surface area contributed by atoms with E-state index >= 15 is 0 Å². The SMILES string of the molecule is C=C[C@@H]1C[C@]1(NC(=O)[C@@H]1CN(c2ccc(-c3ccccc3)cc2)CN1C(=O)[C@@H](NC(=O)OC1CCCC1)C(C)(C)C)C(=O)NS(=O)(=O)C1CC1. The van der Waals surface area contributed by atoms with Gasteiger partial charge in [-0.25, -0.2) is 13.2 Å². The maximum atomic E-state index is 14.5. The number of hydrogen-bond donors (Lipinski definition) is 3. The Morgan fingerprint density at radius 3 is 2.18 bits per heavy atom. The van der Waals surface area contributed by atoms with Crippen LogP contribution in [0.4, 0.5) is 10.5 Å². The van der Waals surface area contributed by atoms with Gasteiger partial charge < -0.3 is 25.2 Å². The highest BCUT2D eigenvalue weighted by atomic mass is 32.2. The Kier molecular flexibility index (Phi) is 9.73. The quantitative estimate of drug-likeness (QED) is 0.296. The lowest BCUT2D eigenvalue weighted by Crippen LogP contribution is -2.60. The van der Waals surface area contributed by atoms with Crippen LogP contribution in [0.25, 0.3) is 11.1 Å². The Morgan fingerprint density at radius 1 is 0.960 bits per heavy atom. The van der Waals surface area contributed by atoms with Crippen LogP contribution in [-0.4, -0.2) is 79.3 Å². The number of rotatable bonds is 11. The van der Waals surface area contributed by atoms with Gasteiger partial charge in [0.1, 0.15) is 23.7 Å². The summed E-state index contributed by atoms with van der Waals surface area (Å²) in [4.78, 5) is 58.5. The molecule has 0 radical (unpaired) electrons. The van der Waals surface area contributed by atoms with Crippen molar-refractivity contribution >= 4 is 39.5 Å². The summed E-state index contributed by atoms with van der Waals surface area (Å²) in [6.07, 6.45) is 5.28. The number of alkyl carbamates (subject to hydrolysis) is 1. The highest BCUT2D eigenvalue weighted by Crippen LogP contribution is 2.45. The largest absolute Gasteiger partial charge is 0.446 e. The molecule has 0 bridgehead atoms. The summed E-state index contributed by atoms with van der Waals surface area (Å²) < 4.78 is 33.1. The Morgan fingerprint density at radius 2 is 1.60 bits per heavy atom. The molecule has 6 rings (SSSR count). The van der Waals surface area contributed by atoms with Gasteiger partial charge in [-0.2, -0.15) is 0 Å². The van der Waals surface area contributed by atoms with Crippen LogP contribution in [0, 0.1) is 11.3 Å². The van der Waals surface area contributed by atoms with Gasteiger partial charge in [0.05, 0.1) is 11.9 Å².